The van der Waals surface area contributed by atoms with E-state index < -0.39 is 0 Å². The van der Waals surface area contributed by atoms with E-state index in [4.69, 9.17) is 4.74 Å². The summed E-state index contributed by atoms with van der Waals surface area (Å²) < 4.78 is 4.91. The fraction of sp³-hybridized carbons (Fsp3) is 0.455. The number of hydrogen-bond donors (Lipinski definition) is 1. The molecule has 0 atom stereocenters. The maximum atomic E-state index is 11.6. The first-order chi connectivity index (χ1) is 13.7. The van der Waals surface area contributed by atoms with Crippen molar-refractivity contribution in [3.63, 3.8) is 0 Å². The summed E-state index contributed by atoms with van der Waals surface area (Å²) in [7, 11) is 1.52. The molecule has 28 heavy (non-hydrogen) atoms. The molecule has 3 rings (SSSR count). The molecule has 150 valence electrons. The Morgan fingerprint density at radius 2 is 1.75 bits per heavy atom. The molecule has 1 aliphatic rings. The number of nitrogens with one attached hydrogen (secondary N) is 1. The molecule has 1 heterocycles. The van der Waals surface area contributed by atoms with Crippen LogP contribution in [0.15, 0.2) is 42.5 Å². The summed E-state index contributed by atoms with van der Waals surface area (Å²) >= 11 is 0. The summed E-state index contributed by atoms with van der Waals surface area (Å²) in [5.41, 5.74) is 1.32. The number of carbonyl (C=O) groups excluding carboxylic acids is 2. The van der Waals surface area contributed by atoms with E-state index in [9.17, 15) is 9.59 Å². The zero-order chi connectivity index (χ0) is 19.8. The molecule has 6 nitrogen and oxygen atoms in total. The first kappa shape index (κ1) is 20.1. The molecule has 1 N–H and O–H groups in total. The normalized spacial score (nSPS) is 14.8. The van der Waals surface area contributed by atoms with Crippen LogP contribution >= 0.6 is 0 Å². The molecule has 2 aromatic rings. The maximum Gasteiger partial charge on any atom is 0.306 e. The number of anilines is 1. The van der Waals surface area contributed by atoms with Gasteiger partial charge in [-0.15, -0.1) is 0 Å². The maximum absolute atomic E-state index is 11.6. The molecule has 0 radical (unpaired) electrons. The molecule has 0 unspecified atom stereocenters. The number of unbranched alkanes of at least 4 members (excludes halogenated alkanes) is 1. The number of ether oxygens (including phenoxy) is 1. The quantitative estimate of drug-likeness (QED) is 0.560. The fourth-order valence-corrected chi connectivity index (χ4v) is 3.59. The largest absolute Gasteiger partial charge is 0.456 e. The van der Waals surface area contributed by atoms with Crippen molar-refractivity contribution < 1.29 is 14.3 Å². The average Bonchev–Trinajstić information content (AvgIpc) is 2.75. The molecular formula is C22H29N3O3. The SMILES string of the molecule is CNC(=O)COC(=O)CCCCN1CCN(c2cccc3ccccc23)CC1. The van der Waals surface area contributed by atoms with Crippen LogP contribution in [-0.4, -0.2) is 63.2 Å². The summed E-state index contributed by atoms with van der Waals surface area (Å²) in [6.45, 7) is 4.90. The van der Waals surface area contributed by atoms with Crippen LogP contribution in [0.1, 0.15) is 19.3 Å². The number of amides is 1. The van der Waals surface area contributed by atoms with Gasteiger partial charge in [0.1, 0.15) is 0 Å². The number of nitrogens with zero attached hydrogens (tertiary/aromatic N) is 2. The van der Waals surface area contributed by atoms with Gasteiger partial charge < -0.3 is 15.0 Å². The van der Waals surface area contributed by atoms with E-state index in [0.29, 0.717) is 6.42 Å². The van der Waals surface area contributed by atoms with Gasteiger partial charge in [0.05, 0.1) is 0 Å². The number of hydrogen-bond acceptors (Lipinski definition) is 5. The molecule has 0 spiro atoms. The standard InChI is InChI=1S/C22H29N3O3/c1-23-21(26)17-28-22(27)11-4-5-12-24-13-15-25(16-14-24)20-10-6-8-18-7-2-3-9-19(18)20/h2-3,6-10H,4-5,11-17H2,1H3,(H,23,26). The summed E-state index contributed by atoms with van der Waals surface area (Å²) in [6, 6.07) is 15.0. The predicted molar refractivity (Wildman–Crippen MR) is 111 cm³/mol. The molecule has 1 fully saturated rings. The summed E-state index contributed by atoms with van der Waals surface area (Å²) in [5.74, 6) is -0.582. The number of esters is 1. The minimum Gasteiger partial charge on any atom is -0.456 e. The second-order valence-corrected chi connectivity index (χ2v) is 7.12. The highest BCUT2D eigenvalue weighted by Gasteiger charge is 2.18. The molecule has 2 aromatic carbocycles. The van der Waals surface area contributed by atoms with Crippen molar-refractivity contribution in [2.24, 2.45) is 0 Å². The van der Waals surface area contributed by atoms with E-state index in [1.54, 1.807) is 0 Å². The molecule has 0 saturated carbocycles. The highest BCUT2D eigenvalue weighted by molar-refractivity contribution is 5.94. The highest BCUT2D eigenvalue weighted by atomic mass is 16.5. The second kappa shape index (κ2) is 10.1. The van der Waals surface area contributed by atoms with E-state index in [1.165, 1.54) is 23.5 Å². The smallest absolute Gasteiger partial charge is 0.306 e. The third kappa shape index (κ3) is 5.45. The Kier molecular flexibility index (Phi) is 7.25. The van der Waals surface area contributed by atoms with Crippen molar-refractivity contribution in [3.05, 3.63) is 42.5 Å². The van der Waals surface area contributed by atoms with E-state index in [-0.39, 0.29) is 18.5 Å². The van der Waals surface area contributed by atoms with Gasteiger partial charge in [0.25, 0.3) is 5.91 Å². The molecular weight excluding hydrogens is 354 g/mol. The number of piperazine rings is 1. The Bertz CT molecular complexity index is 795. The van der Waals surface area contributed by atoms with Gasteiger partial charge in [-0.25, -0.2) is 0 Å². The molecule has 1 amide bonds. The van der Waals surface area contributed by atoms with Crippen LogP contribution < -0.4 is 10.2 Å². The van der Waals surface area contributed by atoms with Gasteiger partial charge in [-0.05, 0) is 30.8 Å². The lowest BCUT2D eigenvalue weighted by atomic mass is 10.1. The molecule has 1 saturated heterocycles. The van der Waals surface area contributed by atoms with Crippen molar-refractivity contribution in [3.8, 4) is 0 Å². The molecule has 0 aromatic heterocycles. The van der Waals surface area contributed by atoms with Gasteiger partial charge in [-0.2, -0.15) is 0 Å². The Morgan fingerprint density at radius 1 is 1.00 bits per heavy atom. The second-order valence-electron chi connectivity index (χ2n) is 7.12. The zero-order valence-electron chi connectivity index (χ0n) is 16.5. The van der Waals surface area contributed by atoms with Gasteiger partial charge in [-0.3, -0.25) is 14.5 Å². The van der Waals surface area contributed by atoms with Gasteiger partial charge in [0, 0.05) is 50.7 Å². The van der Waals surface area contributed by atoms with Crippen molar-refractivity contribution in [1.82, 2.24) is 10.2 Å². The van der Waals surface area contributed by atoms with Crippen LogP contribution in [0.5, 0.6) is 0 Å². The fourth-order valence-electron chi connectivity index (χ4n) is 3.59. The topological polar surface area (TPSA) is 61.9 Å². The summed E-state index contributed by atoms with van der Waals surface area (Å²) in [4.78, 5) is 27.6. The van der Waals surface area contributed by atoms with Crippen molar-refractivity contribution in [1.29, 1.82) is 0 Å². The first-order valence-electron chi connectivity index (χ1n) is 9.98. The lowest BCUT2D eigenvalue weighted by molar-refractivity contribution is -0.148. The van der Waals surface area contributed by atoms with Gasteiger partial charge in [0.2, 0.25) is 0 Å². The third-order valence-electron chi connectivity index (χ3n) is 5.23. The monoisotopic (exact) mass is 383 g/mol. The van der Waals surface area contributed by atoms with Crippen LogP contribution in [-0.2, 0) is 14.3 Å². The molecule has 0 aliphatic carbocycles. The van der Waals surface area contributed by atoms with Crippen LogP contribution in [0.4, 0.5) is 5.69 Å². The minimum atomic E-state index is -0.302. The molecule has 6 heteroatoms. The van der Waals surface area contributed by atoms with Crippen molar-refractivity contribution in [2.75, 3.05) is 51.3 Å². The van der Waals surface area contributed by atoms with E-state index in [2.05, 4.69) is 57.6 Å². The Hall–Kier alpha value is -2.60. The van der Waals surface area contributed by atoms with E-state index >= 15 is 0 Å². The van der Waals surface area contributed by atoms with Crippen molar-refractivity contribution >= 4 is 28.3 Å². The van der Waals surface area contributed by atoms with E-state index in [1.807, 2.05) is 0 Å². The minimum absolute atomic E-state index is 0.189. The number of rotatable bonds is 8. The van der Waals surface area contributed by atoms with E-state index in [0.717, 1.165) is 45.6 Å². The Labute approximate surface area is 166 Å². The van der Waals surface area contributed by atoms with Gasteiger partial charge >= 0.3 is 5.97 Å². The van der Waals surface area contributed by atoms with Crippen molar-refractivity contribution in [2.45, 2.75) is 19.3 Å². The molecule has 1 aliphatic heterocycles. The number of benzene rings is 2. The summed E-state index contributed by atoms with van der Waals surface area (Å²) in [5, 5.41) is 5.03. The zero-order valence-corrected chi connectivity index (χ0v) is 16.5. The number of likely N-dealkylation sites (N-methyl/N-ethyl adjacent to an activating group) is 1. The Balaban J connectivity index is 1.38. The predicted octanol–water partition coefficient (Wildman–Crippen LogP) is 2.42. The number of carbonyl (C=O) groups is 2. The molecule has 0 bridgehead atoms. The number of fused-ring (bicyclic) bond motifs is 1. The van der Waals surface area contributed by atoms with Gasteiger partial charge in [-0.1, -0.05) is 36.4 Å². The highest BCUT2D eigenvalue weighted by Crippen LogP contribution is 2.27. The third-order valence-corrected chi connectivity index (χ3v) is 5.23. The van der Waals surface area contributed by atoms with Crippen LogP contribution in [0.25, 0.3) is 10.8 Å². The summed E-state index contributed by atoms with van der Waals surface area (Å²) in [6.07, 6.45) is 2.12. The Morgan fingerprint density at radius 3 is 2.54 bits per heavy atom. The van der Waals surface area contributed by atoms with Gasteiger partial charge in [0.15, 0.2) is 6.61 Å². The van der Waals surface area contributed by atoms with Crippen LogP contribution in [0.3, 0.4) is 0 Å². The van der Waals surface area contributed by atoms with Crippen LogP contribution in [0, 0.1) is 0 Å². The lowest BCUT2D eigenvalue weighted by Gasteiger charge is -2.36. The first-order valence-corrected chi connectivity index (χ1v) is 9.98. The average molecular weight is 383 g/mol. The van der Waals surface area contributed by atoms with Crippen LogP contribution in [0.2, 0.25) is 0 Å². The lowest BCUT2D eigenvalue weighted by Crippen LogP contribution is -2.46.